The van der Waals surface area contributed by atoms with Gasteiger partial charge in [-0.05, 0) is 91.8 Å². The van der Waals surface area contributed by atoms with E-state index in [1.165, 1.54) is 43.3 Å². The number of methoxy groups -OCH3 is 1. The Morgan fingerprint density at radius 3 is 2.44 bits per heavy atom. The van der Waals surface area contributed by atoms with Crippen LogP contribution in [0.3, 0.4) is 0 Å². The summed E-state index contributed by atoms with van der Waals surface area (Å²) >= 11 is 0. The molecular formula is C29H39F2N3O2. The fourth-order valence-corrected chi connectivity index (χ4v) is 9.62. The van der Waals surface area contributed by atoms with Crippen molar-refractivity contribution in [2.24, 2.45) is 46.3 Å². The minimum atomic E-state index is -0.947. The summed E-state index contributed by atoms with van der Waals surface area (Å²) in [5.74, 6) is 1.82. The van der Waals surface area contributed by atoms with Gasteiger partial charge in [0.1, 0.15) is 17.6 Å². The van der Waals surface area contributed by atoms with E-state index < -0.39 is 11.6 Å². The quantitative estimate of drug-likeness (QED) is 0.492. The SMILES string of the molecule is COCC12CCC(C)CC1CCC1C2CCC2(C)C1CC[C@@H]2C(=O)Cn1nc2cc(F)c(F)cc2n1. The van der Waals surface area contributed by atoms with Crippen molar-refractivity contribution in [1.82, 2.24) is 15.0 Å². The molecule has 1 heterocycles. The second kappa shape index (κ2) is 8.85. The monoisotopic (exact) mass is 499 g/mol. The van der Waals surface area contributed by atoms with Crippen LogP contribution >= 0.6 is 0 Å². The number of carbonyl (C=O) groups excluding carboxylic acids is 1. The highest BCUT2D eigenvalue weighted by molar-refractivity contribution is 5.82. The number of hydrogen-bond donors (Lipinski definition) is 0. The van der Waals surface area contributed by atoms with Crippen LogP contribution in [0, 0.1) is 58.0 Å². The number of ketones is 1. The van der Waals surface area contributed by atoms with Crippen LogP contribution in [-0.2, 0) is 16.1 Å². The molecule has 196 valence electrons. The van der Waals surface area contributed by atoms with Gasteiger partial charge >= 0.3 is 0 Å². The van der Waals surface area contributed by atoms with Crippen LogP contribution < -0.4 is 0 Å². The maximum absolute atomic E-state index is 13.6. The van der Waals surface area contributed by atoms with Gasteiger partial charge in [0.15, 0.2) is 17.4 Å². The maximum atomic E-state index is 13.6. The van der Waals surface area contributed by atoms with E-state index in [-0.39, 0.29) is 34.7 Å². The highest BCUT2D eigenvalue weighted by atomic mass is 19.2. The molecule has 0 aliphatic heterocycles. The van der Waals surface area contributed by atoms with E-state index in [1.807, 2.05) is 7.11 Å². The summed E-state index contributed by atoms with van der Waals surface area (Å²) in [5.41, 5.74) is 0.878. The lowest BCUT2D eigenvalue weighted by Crippen LogP contribution is -2.56. The van der Waals surface area contributed by atoms with Gasteiger partial charge < -0.3 is 4.74 Å². The average Bonchev–Trinajstić information content (AvgIpc) is 3.39. The highest BCUT2D eigenvalue weighted by Crippen LogP contribution is 2.68. The van der Waals surface area contributed by atoms with Gasteiger partial charge in [-0.1, -0.05) is 20.3 Å². The topological polar surface area (TPSA) is 57.0 Å². The lowest BCUT2D eigenvalue weighted by atomic mass is 9.44. The average molecular weight is 500 g/mol. The number of halogens is 2. The molecule has 0 amide bonds. The molecule has 4 saturated carbocycles. The molecule has 4 aliphatic carbocycles. The van der Waals surface area contributed by atoms with Crippen LogP contribution in [0.1, 0.15) is 71.6 Å². The van der Waals surface area contributed by atoms with E-state index in [2.05, 4.69) is 24.0 Å². The van der Waals surface area contributed by atoms with E-state index in [1.54, 1.807) is 0 Å². The maximum Gasteiger partial charge on any atom is 0.161 e. The van der Waals surface area contributed by atoms with Crippen molar-refractivity contribution in [2.45, 2.75) is 78.2 Å². The predicted octanol–water partition coefficient (Wildman–Crippen LogP) is 6.20. The normalized spacial score (nSPS) is 40.0. The summed E-state index contributed by atoms with van der Waals surface area (Å²) in [4.78, 5) is 14.9. The molecule has 0 radical (unpaired) electrons. The molecule has 0 spiro atoms. The molecule has 4 aliphatic rings. The molecule has 2 aromatic rings. The standard InChI is InChI=1S/C29H39F2N3O2/c1-17-8-11-29(16-36-3)18(12-17)4-5-19-20-6-7-22(28(20,2)10-9-21(19)29)27(35)15-34-32-25-13-23(30)24(31)14-26(25)33-34/h13-14,17-22H,4-12,15-16H2,1-3H3/t17?,18?,19?,20?,21?,22-,28?,29?/m1/s1. The number of hydrogen-bond acceptors (Lipinski definition) is 4. The summed E-state index contributed by atoms with van der Waals surface area (Å²) in [6, 6.07) is 2.09. The van der Waals surface area contributed by atoms with Gasteiger partial charge in [-0.15, -0.1) is 0 Å². The van der Waals surface area contributed by atoms with Crippen molar-refractivity contribution >= 4 is 16.8 Å². The van der Waals surface area contributed by atoms with Crippen LogP contribution in [0.15, 0.2) is 12.1 Å². The second-order valence-electron chi connectivity index (χ2n) is 12.8. The largest absolute Gasteiger partial charge is 0.384 e. The van der Waals surface area contributed by atoms with Gasteiger partial charge in [-0.3, -0.25) is 4.79 Å². The molecule has 6 rings (SSSR count). The van der Waals surface area contributed by atoms with E-state index >= 15 is 0 Å². The number of rotatable bonds is 5. The van der Waals surface area contributed by atoms with Crippen molar-refractivity contribution < 1.29 is 18.3 Å². The summed E-state index contributed by atoms with van der Waals surface area (Å²) in [6.45, 7) is 5.72. The molecule has 0 bridgehead atoms. The molecular weight excluding hydrogens is 460 g/mol. The Morgan fingerprint density at radius 1 is 1.03 bits per heavy atom. The molecule has 36 heavy (non-hydrogen) atoms. The third kappa shape index (κ3) is 3.66. The fourth-order valence-electron chi connectivity index (χ4n) is 9.62. The second-order valence-corrected chi connectivity index (χ2v) is 12.8. The van der Waals surface area contributed by atoms with Crippen molar-refractivity contribution in [2.75, 3.05) is 13.7 Å². The summed E-state index contributed by atoms with van der Waals surface area (Å²) in [7, 11) is 1.88. The molecule has 0 N–H and O–H groups in total. The van der Waals surface area contributed by atoms with Gasteiger partial charge in [-0.2, -0.15) is 15.0 Å². The molecule has 5 nitrogen and oxygen atoms in total. The Balaban J connectivity index is 1.22. The minimum absolute atomic E-state index is 0.00601. The Morgan fingerprint density at radius 2 is 1.75 bits per heavy atom. The number of carbonyl (C=O) groups is 1. The molecule has 1 aromatic carbocycles. The van der Waals surface area contributed by atoms with Crippen molar-refractivity contribution in [3.05, 3.63) is 23.8 Å². The predicted molar refractivity (Wildman–Crippen MR) is 133 cm³/mol. The third-order valence-corrected chi connectivity index (χ3v) is 11.2. The number of nitrogens with zero attached hydrogens (tertiary/aromatic N) is 3. The zero-order chi connectivity index (χ0) is 25.2. The molecule has 7 heteroatoms. The Hall–Kier alpha value is -1.89. The summed E-state index contributed by atoms with van der Waals surface area (Å²) in [5, 5.41) is 8.53. The van der Waals surface area contributed by atoms with Gasteiger partial charge in [0.25, 0.3) is 0 Å². The number of aromatic nitrogens is 3. The van der Waals surface area contributed by atoms with E-state index in [0.29, 0.717) is 23.2 Å². The zero-order valence-electron chi connectivity index (χ0n) is 21.8. The van der Waals surface area contributed by atoms with E-state index in [9.17, 15) is 13.6 Å². The molecule has 7 unspecified atom stereocenters. The number of benzene rings is 1. The number of fused-ring (bicyclic) bond motifs is 6. The third-order valence-electron chi connectivity index (χ3n) is 11.2. The van der Waals surface area contributed by atoms with Crippen LogP contribution in [0.4, 0.5) is 8.78 Å². The van der Waals surface area contributed by atoms with Crippen LogP contribution in [-0.4, -0.2) is 34.5 Å². The highest BCUT2D eigenvalue weighted by Gasteiger charge is 2.62. The van der Waals surface area contributed by atoms with Crippen molar-refractivity contribution in [1.29, 1.82) is 0 Å². The number of Topliss-reactive ketones (excluding diaryl/α,β-unsaturated/α-hetero) is 1. The van der Waals surface area contributed by atoms with Crippen molar-refractivity contribution in [3.8, 4) is 0 Å². The van der Waals surface area contributed by atoms with Gasteiger partial charge in [-0.25, -0.2) is 8.78 Å². The van der Waals surface area contributed by atoms with E-state index in [0.717, 1.165) is 49.8 Å². The Labute approximate surface area is 212 Å². The van der Waals surface area contributed by atoms with Gasteiger partial charge in [0, 0.05) is 25.2 Å². The summed E-state index contributed by atoms with van der Waals surface area (Å²) in [6.07, 6.45) is 10.9. The molecule has 0 saturated heterocycles. The first kappa shape index (κ1) is 24.4. The lowest BCUT2D eigenvalue weighted by molar-refractivity contribution is -0.154. The lowest BCUT2D eigenvalue weighted by Gasteiger charge is -2.61. The Bertz CT molecular complexity index is 1130. The number of ether oxygens (including phenoxy) is 1. The fraction of sp³-hybridized carbons (Fsp3) is 0.759. The Kier molecular flexibility index (Phi) is 6.01. The summed E-state index contributed by atoms with van der Waals surface area (Å²) < 4.78 is 33.1. The van der Waals surface area contributed by atoms with Crippen LogP contribution in [0.5, 0.6) is 0 Å². The van der Waals surface area contributed by atoms with Gasteiger partial charge in [0.2, 0.25) is 0 Å². The van der Waals surface area contributed by atoms with E-state index in [4.69, 9.17) is 4.74 Å². The first-order chi connectivity index (χ1) is 17.2. The van der Waals surface area contributed by atoms with Gasteiger partial charge in [0.05, 0.1) is 6.61 Å². The molecule has 4 fully saturated rings. The smallest absolute Gasteiger partial charge is 0.161 e. The first-order valence-corrected chi connectivity index (χ1v) is 14.0. The van der Waals surface area contributed by atoms with Crippen LogP contribution in [0.2, 0.25) is 0 Å². The van der Waals surface area contributed by atoms with Crippen LogP contribution in [0.25, 0.3) is 11.0 Å². The molecule has 1 aromatic heterocycles. The molecule has 8 atom stereocenters. The first-order valence-electron chi connectivity index (χ1n) is 14.0. The minimum Gasteiger partial charge on any atom is -0.384 e. The van der Waals surface area contributed by atoms with Crippen molar-refractivity contribution in [3.63, 3.8) is 0 Å². The zero-order valence-corrected chi connectivity index (χ0v) is 21.8.